The summed E-state index contributed by atoms with van der Waals surface area (Å²) in [4.78, 5) is 29.4. The summed E-state index contributed by atoms with van der Waals surface area (Å²) in [6.45, 7) is 0.638. The summed E-state index contributed by atoms with van der Waals surface area (Å²) in [5.41, 5.74) is -2.96. The Labute approximate surface area is 178 Å². The van der Waals surface area contributed by atoms with Gasteiger partial charge in [0, 0.05) is 24.2 Å². The van der Waals surface area contributed by atoms with Crippen LogP contribution in [-0.4, -0.2) is 33.0 Å². The maximum atomic E-state index is 12.9. The van der Waals surface area contributed by atoms with E-state index in [1.54, 1.807) is 0 Å². The van der Waals surface area contributed by atoms with Gasteiger partial charge in [0.25, 0.3) is 5.56 Å². The quantitative estimate of drug-likeness (QED) is 0.272. The number of hydrogen-bond donors (Lipinski definition) is 2. The van der Waals surface area contributed by atoms with Crippen LogP contribution in [0.25, 0.3) is 0 Å². The molecule has 0 amide bonds. The molecule has 1 aliphatic heterocycles. The molecule has 14 heteroatoms. The van der Waals surface area contributed by atoms with Crippen LogP contribution in [0.1, 0.15) is 11.8 Å². The molecule has 1 aliphatic rings. The van der Waals surface area contributed by atoms with E-state index in [1.807, 2.05) is 0 Å². The highest BCUT2D eigenvalue weighted by Crippen LogP contribution is 2.48. The number of aromatic nitrogens is 3. The lowest BCUT2D eigenvalue weighted by Gasteiger charge is -2.27. The average molecular weight is 472 g/mol. The number of nitrogens with zero attached hydrogens (tertiary/aromatic N) is 2. The molecule has 0 saturated heterocycles. The van der Waals surface area contributed by atoms with Gasteiger partial charge >= 0.3 is 19.7 Å². The van der Waals surface area contributed by atoms with E-state index in [9.17, 15) is 27.3 Å². The second-order valence-corrected chi connectivity index (χ2v) is 8.19. The second kappa shape index (κ2) is 8.76. The number of alkyl halides is 3. The van der Waals surface area contributed by atoms with Crippen molar-refractivity contribution in [2.24, 2.45) is 0 Å². The van der Waals surface area contributed by atoms with E-state index in [0.717, 1.165) is 9.65 Å². The zero-order valence-corrected chi connectivity index (χ0v) is 17.2. The van der Waals surface area contributed by atoms with Gasteiger partial charge in [0.05, 0.1) is 0 Å². The van der Waals surface area contributed by atoms with Crippen molar-refractivity contribution >= 4 is 7.75 Å². The molecule has 0 saturated carbocycles. The summed E-state index contributed by atoms with van der Waals surface area (Å²) in [5, 5.41) is 0.860. The largest absolute Gasteiger partial charge is 0.467 e. The van der Waals surface area contributed by atoms with Crippen LogP contribution in [0.2, 0.25) is 0 Å². The first-order valence-corrected chi connectivity index (χ1v) is 10.4. The van der Waals surface area contributed by atoms with Gasteiger partial charge in [-0.2, -0.15) is 13.2 Å². The van der Waals surface area contributed by atoms with Crippen LogP contribution in [0.15, 0.2) is 52.5 Å². The first-order chi connectivity index (χ1) is 14.9. The molecule has 1 unspecified atom stereocenters. The van der Waals surface area contributed by atoms with E-state index in [-0.39, 0.29) is 11.3 Å². The van der Waals surface area contributed by atoms with E-state index in [4.69, 9.17) is 20.2 Å². The maximum absolute atomic E-state index is 12.9. The molecule has 0 fully saturated rings. The monoisotopic (exact) mass is 472 g/mol. The van der Waals surface area contributed by atoms with Crippen molar-refractivity contribution in [2.75, 3.05) is 6.61 Å². The smallest absolute Gasteiger partial charge is 0.413 e. The van der Waals surface area contributed by atoms with Gasteiger partial charge in [-0.05, 0) is 31.2 Å². The van der Waals surface area contributed by atoms with Crippen molar-refractivity contribution in [1.82, 2.24) is 19.6 Å². The summed E-state index contributed by atoms with van der Waals surface area (Å²) in [6, 6.07) is 2.36. The molecule has 2 aromatic heterocycles. The minimum Gasteiger partial charge on any atom is -0.413 e. The normalized spacial score (nSPS) is 22.3. The average Bonchev–Trinajstić information content (AvgIpc) is 3.13. The summed E-state index contributed by atoms with van der Waals surface area (Å²) in [5.74, 6) is 2.00. The van der Waals surface area contributed by atoms with Gasteiger partial charge in [0.1, 0.15) is 12.4 Å². The molecule has 0 aromatic carbocycles. The van der Waals surface area contributed by atoms with Crippen LogP contribution in [-0.2, 0) is 13.8 Å². The number of rotatable bonds is 7. The van der Waals surface area contributed by atoms with Crippen molar-refractivity contribution in [2.45, 2.75) is 25.1 Å². The number of aryl methyl sites for hydroxylation is 1. The molecule has 0 bridgehead atoms. The molecule has 0 aliphatic carbocycles. The molecule has 170 valence electrons. The highest BCUT2D eigenvalue weighted by molar-refractivity contribution is 7.52. The van der Waals surface area contributed by atoms with Crippen molar-refractivity contribution in [3.8, 4) is 18.1 Å². The molecule has 0 spiro atoms. The lowest BCUT2D eigenvalue weighted by atomic mass is 10.1. The maximum Gasteiger partial charge on any atom is 0.467 e. The van der Waals surface area contributed by atoms with Crippen LogP contribution in [0, 0.1) is 19.3 Å². The lowest BCUT2D eigenvalue weighted by molar-refractivity contribution is -0.143. The Bertz CT molecular complexity index is 1220. The van der Waals surface area contributed by atoms with E-state index in [0.29, 0.717) is 0 Å². The molecule has 2 N–H and O–H groups in total. The van der Waals surface area contributed by atoms with Gasteiger partial charge in [0.15, 0.2) is 11.8 Å². The topological polar surface area (TPSA) is 125 Å². The van der Waals surface area contributed by atoms with Crippen LogP contribution in [0.3, 0.4) is 0 Å². The molecule has 2 aromatic rings. The van der Waals surface area contributed by atoms with Crippen molar-refractivity contribution in [3.05, 3.63) is 69.3 Å². The Morgan fingerprint density at radius 1 is 1.41 bits per heavy atom. The van der Waals surface area contributed by atoms with E-state index in [1.165, 1.54) is 49.8 Å². The molecule has 32 heavy (non-hydrogen) atoms. The Morgan fingerprint density at radius 2 is 2.09 bits per heavy atom. The molecule has 3 atom stereocenters. The molecule has 0 radical (unpaired) electrons. The Balaban J connectivity index is 1.81. The number of halogens is 3. The number of hydrogen-bond acceptors (Lipinski definition) is 7. The first-order valence-electron chi connectivity index (χ1n) is 8.82. The van der Waals surface area contributed by atoms with Gasteiger partial charge in [0.2, 0.25) is 0 Å². The van der Waals surface area contributed by atoms with Crippen molar-refractivity contribution in [1.29, 1.82) is 0 Å². The molecular formula is C18H16F3N4O6P. The summed E-state index contributed by atoms with van der Waals surface area (Å²) >= 11 is 0. The minimum atomic E-state index is -5.11. The van der Waals surface area contributed by atoms with Crippen molar-refractivity contribution < 1.29 is 31.5 Å². The third-order valence-corrected chi connectivity index (χ3v) is 5.56. The van der Waals surface area contributed by atoms with Crippen LogP contribution in [0.5, 0.6) is 5.75 Å². The third-order valence-electron chi connectivity index (χ3n) is 4.11. The lowest BCUT2D eigenvalue weighted by Crippen LogP contribution is -2.38. The van der Waals surface area contributed by atoms with Crippen molar-refractivity contribution in [3.63, 3.8) is 0 Å². The van der Waals surface area contributed by atoms with Crippen LogP contribution in [0.4, 0.5) is 13.2 Å². The zero-order valence-electron chi connectivity index (χ0n) is 16.3. The Morgan fingerprint density at radius 3 is 2.72 bits per heavy atom. The zero-order chi connectivity index (χ0) is 23.6. The number of ether oxygens (including phenoxy) is 1. The fourth-order valence-corrected chi connectivity index (χ4v) is 3.85. The molecular weight excluding hydrogens is 456 g/mol. The van der Waals surface area contributed by atoms with Gasteiger partial charge in [-0.1, -0.05) is 5.92 Å². The summed E-state index contributed by atoms with van der Waals surface area (Å²) < 4.78 is 68.0. The Hall–Kier alpha value is -3.17. The molecule has 10 nitrogen and oxygen atoms in total. The number of terminal acetylenes is 1. The predicted octanol–water partition coefficient (Wildman–Crippen LogP) is 2.01. The van der Waals surface area contributed by atoms with Gasteiger partial charge in [-0.25, -0.2) is 9.36 Å². The second-order valence-electron chi connectivity index (χ2n) is 6.53. The number of H-pyrrole nitrogens is 1. The molecule has 3 rings (SSSR count). The summed E-state index contributed by atoms with van der Waals surface area (Å²) in [7, 11) is -5.01. The third kappa shape index (κ3) is 5.54. The highest BCUT2D eigenvalue weighted by atomic mass is 31.2. The fraction of sp³-hybridized carbons (Fsp3) is 0.278. The number of pyridine rings is 1. The highest BCUT2D eigenvalue weighted by Gasteiger charge is 2.45. The fourth-order valence-electron chi connectivity index (χ4n) is 2.62. The van der Waals surface area contributed by atoms with Crippen LogP contribution >= 0.6 is 7.75 Å². The number of aromatic amines is 1. The minimum absolute atomic E-state index is 0.203. The first kappa shape index (κ1) is 23.5. The SMILES string of the molecule is C#C[C@@]1(COP(=O)(NC(F)(F)F)Oc2ccncc2)C=C[C@H](n2cc(C)c(=O)[nH]c2=O)O1. The van der Waals surface area contributed by atoms with Gasteiger partial charge in [-0.15, -0.1) is 11.5 Å². The number of nitrogens with one attached hydrogen (secondary N) is 2. The van der Waals surface area contributed by atoms with E-state index in [2.05, 4.69) is 15.9 Å². The van der Waals surface area contributed by atoms with Gasteiger partial charge in [-0.3, -0.25) is 23.9 Å². The standard InChI is InChI=1S/C18H16F3N4O6P/c1-3-17(7-4-14(30-17)25-10-12(2)15(26)23-16(25)27)11-29-32(28,24-18(19,20)21)31-13-5-8-22-9-6-13/h1,4-10,14H,11H2,2H3,(H,24,28)(H,23,26,27)/t14-,17+,32?/m1/s1. The van der Waals surface area contributed by atoms with Crippen LogP contribution < -0.4 is 20.9 Å². The molecule has 3 heterocycles. The summed E-state index contributed by atoms with van der Waals surface area (Å²) in [6.07, 6.45) is 5.53. The predicted molar refractivity (Wildman–Crippen MR) is 104 cm³/mol. The Kier molecular flexibility index (Phi) is 6.43. The van der Waals surface area contributed by atoms with E-state index < -0.39 is 43.7 Å². The van der Waals surface area contributed by atoms with Gasteiger partial charge < -0.3 is 9.26 Å². The van der Waals surface area contributed by atoms with E-state index >= 15 is 0 Å².